The first-order valence-electron chi connectivity index (χ1n) is 12.5. The van der Waals surface area contributed by atoms with E-state index >= 15 is 0 Å². The van der Waals surface area contributed by atoms with Gasteiger partial charge in [0, 0.05) is 29.1 Å². The zero-order chi connectivity index (χ0) is 31.2. The van der Waals surface area contributed by atoms with Gasteiger partial charge < -0.3 is 34.9 Å². The van der Waals surface area contributed by atoms with Crippen molar-refractivity contribution in [2.75, 3.05) is 33.2 Å². The average molecular weight is 599 g/mol. The SMILES string of the molecule is C=C(C)C(=O)NCNC(=O)CCCOc1cc([N+](=O)[O-])c(CSCC(NC(=O)OC(C)(C)C)C(=O)OC)cc1OC. The number of carbonyl (C=O) groups excluding carboxylic acids is 4. The van der Waals surface area contributed by atoms with Gasteiger partial charge in [0.2, 0.25) is 11.8 Å². The fourth-order valence-electron chi connectivity index (χ4n) is 3.07. The topological polar surface area (TPSA) is 184 Å². The molecule has 228 valence electrons. The van der Waals surface area contributed by atoms with Crippen LogP contribution < -0.4 is 25.4 Å². The van der Waals surface area contributed by atoms with Crippen molar-refractivity contribution >= 4 is 41.3 Å². The van der Waals surface area contributed by atoms with Crippen LogP contribution in [0.5, 0.6) is 11.5 Å². The first kappa shape index (κ1) is 35.0. The predicted octanol–water partition coefficient (Wildman–Crippen LogP) is 2.83. The number of benzene rings is 1. The number of amides is 3. The number of hydrogen-bond acceptors (Lipinski definition) is 11. The molecule has 0 fully saturated rings. The number of nitro groups is 1. The Bertz CT molecular complexity index is 1120. The number of hydrogen-bond donors (Lipinski definition) is 3. The standard InChI is InChI=1S/C26H38N4O10S/c1-16(2)23(32)28-15-27-22(31)9-8-10-39-21-12-19(30(35)36)17(11-20(21)37-6)13-41-14-18(24(33)38-7)29-25(34)40-26(3,4)5/h11-12,18H,1,8-10,13-15H2,2-7H3,(H,27,31)(H,28,32)(H,29,34). The Kier molecular flexibility index (Phi) is 14.5. The highest BCUT2D eigenvalue weighted by atomic mass is 32.2. The number of thioether (sulfide) groups is 1. The largest absolute Gasteiger partial charge is 0.493 e. The number of alkyl carbamates (subject to hydrolysis) is 1. The second-order valence-electron chi connectivity index (χ2n) is 9.64. The Labute approximate surface area is 243 Å². The van der Waals surface area contributed by atoms with Crippen LogP contribution in [-0.2, 0) is 29.6 Å². The molecule has 0 heterocycles. The van der Waals surface area contributed by atoms with Crippen molar-refractivity contribution in [3.8, 4) is 11.5 Å². The lowest BCUT2D eigenvalue weighted by Crippen LogP contribution is -2.45. The first-order valence-corrected chi connectivity index (χ1v) is 13.7. The van der Waals surface area contributed by atoms with Crippen molar-refractivity contribution < 1.29 is 43.0 Å². The molecular formula is C26H38N4O10S. The molecule has 1 aromatic rings. The summed E-state index contributed by atoms with van der Waals surface area (Å²) >= 11 is 1.16. The quantitative estimate of drug-likeness (QED) is 0.0635. The number of esters is 1. The normalized spacial score (nSPS) is 11.5. The predicted molar refractivity (Wildman–Crippen MR) is 152 cm³/mol. The Balaban J connectivity index is 2.78. The number of rotatable bonds is 16. The summed E-state index contributed by atoms with van der Waals surface area (Å²) in [6.07, 6.45) is -0.399. The van der Waals surface area contributed by atoms with Crippen LogP contribution in [-0.4, -0.2) is 73.7 Å². The molecule has 14 nitrogen and oxygen atoms in total. The maximum absolute atomic E-state index is 12.2. The highest BCUT2D eigenvalue weighted by Gasteiger charge is 2.26. The maximum Gasteiger partial charge on any atom is 0.408 e. The van der Waals surface area contributed by atoms with Gasteiger partial charge in [0.1, 0.15) is 11.6 Å². The van der Waals surface area contributed by atoms with Crippen LogP contribution >= 0.6 is 11.8 Å². The lowest BCUT2D eigenvalue weighted by molar-refractivity contribution is -0.385. The van der Waals surface area contributed by atoms with Gasteiger partial charge in [-0.2, -0.15) is 11.8 Å². The van der Waals surface area contributed by atoms with Crippen LogP contribution in [0.4, 0.5) is 10.5 Å². The smallest absolute Gasteiger partial charge is 0.408 e. The summed E-state index contributed by atoms with van der Waals surface area (Å²) in [7, 11) is 2.57. The molecular weight excluding hydrogens is 560 g/mol. The molecule has 0 saturated carbocycles. The van der Waals surface area contributed by atoms with E-state index in [1.54, 1.807) is 27.7 Å². The van der Waals surface area contributed by atoms with E-state index in [2.05, 4.69) is 22.5 Å². The lowest BCUT2D eigenvalue weighted by atomic mass is 10.2. The summed E-state index contributed by atoms with van der Waals surface area (Å²) < 4.78 is 20.9. The Morgan fingerprint density at radius 2 is 1.80 bits per heavy atom. The van der Waals surface area contributed by atoms with Crippen LogP contribution in [0, 0.1) is 10.1 Å². The lowest BCUT2D eigenvalue weighted by Gasteiger charge is -2.22. The molecule has 0 bridgehead atoms. The van der Waals surface area contributed by atoms with Crippen LogP contribution in [0.15, 0.2) is 24.3 Å². The van der Waals surface area contributed by atoms with Gasteiger partial charge in [0.05, 0.1) is 38.5 Å². The molecule has 1 unspecified atom stereocenters. The molecule has 41 heavy (non-hydrogen) atoms. The maximum atomic E-state index is 12.2. The summed E-state index contributed by atoms with van der Waals surface area (Å²) in [4.78, 5) is 58.8. The van der Waals surface area contributed by atoms with Gasteiger partial charge in [0.15, 0.2) is 11.5 Å². The zero-order valence-electron chi connectivity index (χ0n) is 24.1. The number of nitrogens with one attached hydrogen (secondary N) is 3. The van der Waals surface area contributed by atoms with Gasteiger partial charge in [-0.1, -0.05) is 6.58 Å². The van der Waals surface area contributed by atoms with Crippen molar-refractivity contribution in [3.05, 3.63) is 40.0 Å². The van der Waals surface area contributed by atoms with Crippen molar-refractivity contribution in [2.45, 2.75) is 57.9 Å². The third-order valence-corrected chi connectivity index (χ3v) is 6.09. The molecule has 3 amide bonds. The summed E-state index contributed by atoms with van der Waals surface area (Å²) in [6, 6.07) is 1.66. The summed E-state index contributed by atoms with van der Waals surface area (Å²) in [5, 5.41) is 19.2. The molecule has 0 saturated heterocycles. The molecule has 0 spiro atoms. The van der Waals surface area contributed by atoms with Gasteiger partial charge in [-0.15, -0.1) is 0 Å². The number of methoxy groups -OCH3 is 2. The molecule has 0 aromatic heterocycles. The number of ether oxygens (including phenoxy) is 4. The van der Waals surface area contributed by atoms with E-state index in [0.717, 1.165) is 11.8 Å². The van der Waals surface area contributed by atoms with E-state index < -0.39 is 28.6 Å². The van der Waals surface area contributed by atoms with Crippen molar-refractivity contribution in [1.82, 2.24) is 16.0 Å². The minimum Gasteiger partial charge on any atom is -0.493 e. The fourth-order valence-corrected chi connectivity index (χ4v) is 4.10. The number of nitrogens with zero attached hydrogens (tertiary/aromatic N) is 1. The molecule has 0 aliphatic carbocycles. The molecule has 0 aliphatic rings. The third kappa shape index (κ3) is 13.3. The Morgan fingerprint density at radius 1 is 1.12 bits per heavy atom. The Morgan fingerprint density at radius 3 is 2.37 bits per heavy atom. The summed E-state index contributed by atoms with van der Waals surface area (Å²) in [5.41, 5.74) is -0.370. The molecule has 0 aliphatic heterocycles. The fraction of sp³-hybridized carbons (Fsp3) is 0.538. The third-order valence-electron chi connectivity index (χ3n) is 5.01. The monoisotopic (exact) mass is 598 g/mol. The van der Waals surface area contributed by atoms with Gasteiger partial charge in [-0.3, -0.25) is 19.7 Å². The van der Waals surface area contributed by atoms with E-state index in [4.69, 9.17) is 18.9 Å². The van der Waals surface area contributed by atoms with Crippen molar-refractivity contribution in [3.63, 3.8) is 0 Å². The van der Waals surface area contributed by atoms with Gasteiger partial charge in [0.25, 0.3) is 5.69 Å². The van der Waals surface area contributed by atoms with E-state index in [1.165, 1.54) is 26.4 Å². The Hall–Kier alpha value is -4.01. The van der Waals surface area contributed by atoms with Gasteiger partial charge in [-0.25, -0.2) is 9.59 Å². The summed E-state index contributed by atoms with van der Waals surface area (Å²) in [5.74, 6) is -0.835. The zero-order valence-corrected chi connectivity index (χ0v) is 24.9. The van der Waals surface area contributed by atoms with Gasteiger partial charge >= 0.3 is 12.1 Å². The second kappa shape index (κ2) is 16.9. The summed E-state index contributed by atoms with van der Waals surface area (Å²) in [6.45, 7) is 10.1. The number of nitro benzene ring substituents is 1. The van der Waals surface area contributed by atoms with Crippen molar-refractivity contribution in [2.24, 2.45) is 0 Å². The van der Waals surface area contributed by atoms with Crippen LogP contribution in [0.1, 0.15) is 46.1 Å². The average Bonchev–Trinajstić information content (AvgIpc) is 2.88. The van der Waals surface area contributed by atoms with Crippen LogP contribution in [0.2, 0.25) is 0 Å². The van der Waals surface area contributed by atoms with Gasteiger partial charge in [-0.05, 0) is 40.2 Å². The van der Waals surface area contributed by atoms with E-state index in [1.807, 2.05) is 0 Å². The minimum atomic E-state index is -1.04. The van der Waals surface area contributed by atoms with E-state index in [-0.39, 0.29) is 60.2 Å². The first-order chi connectivity index (χ1) is 19.2. The van der Waals surface area contributed by atoms with E-state index in [0.29, 0.717) is 17.6 Å². The minimum absolute atomic E-state index is 0.0394. The second-order valence-corrected chi connectivity index (χ2v) is 10.7. The van der Waals surface area contributed by atoms with Crippen LogP contribution in [0.25, 0.3) is 0 Å². The van der Waals surface area contributed by atoms with Crippen molar-refractivity contribution in [1.29, 1.82) is 0 Å². The molecule has 1 aromatic carbocycles. The molecule has 0 radical (unpaired) electrons. The molecule has 1 rings (SSSR count). The highest BCUT2D eigenvalue weighted by Crippen LogP contribution is 2.36. The molecule has 1 atom stereocenters. The van der Waals surface area contributed by atoms with Crippen LogP contribution in [0.3, 0.4) is 0 Å². The highest BCUT2D eigenvalue weighted by molar-refractivity contribution is 7.98. The molecule has 3 N–H and O–H groups in total. The molecule has 15 heteroatoms. The number of carbonyl (C=O) groups is 4. The van der Waals surface area contributed by atoms with E-state index in [9.17, 15) is 29.3 Å².